The van der Waals surface area contributed by atoms with E-state index < -0.39 is 0 Å². The van der Waals surface area contributed by atoms with Crippen LogP contribution in [0.25, 0.3) is 10.1 Å². The molecule has 1 aliphatic rings. The second-order valence-corrected chi connectivity index (χ2v) is 6.26. The number of ether oxygens (including phenoxy) is 2. The van der Waals surface area contributed by atoms with Gasteiger partial charge in [-0.05, 0) is 27.4 Å². The number of fused-ring (bicyclic) bond motifs is 1. The van der Waals surface area contributed by atoms with Crippen LogP contribution >= 0.6 is 27.3 Å². The van der Waals surface area contributed by atoms with Gasteiger partial charge in [0.05, 0.1) is 24.0 Å². The van der Waals surface area contributed by atoms with Gasteiger partial charge in [-0.25, -0.2) is 4.98 Å². The first-order chi connectivity index (χ1) is 9.29. The number of rotatable bonds is 3. The lowest BCUT2D eigenvalue weighted by atomic mass is 10.2. The molecular weight excluding hydrogens is 328 g/mol. The van der Waals surface area contributed by atoms with Gasteiger partial charge in [0.1, 0.15) is 5.82 Å². The summed E-state index contributed by atoms with van der Waals surface area (Å²) in [5, 5.41) is 3.33. The number of morpholine rings is 1. The molecule has 3 rings (SSSR count). The molecule has 1 aliphatic heterocycles. The highest BCUT2D eigenvalue weighted by Crippen LogP contribution is 2.34. The first-order valence-electron chi connectivity index (χ1n) is 6.17. The normalized spacial score (nSPS) is 20.1. The molecule has 102 valence electrons. The molecule has 0 amide bonds. The van der Waals surface area contributed by atoms with E-state index in [1.54, 1.807) is 18.4 Å². The predicted molar refractivity (Wildman–Crippen MR) is 81.1 cm³/mol. The molecule has 1 atom stereocenters. The fourth-order valence-corrected chi connectivity index (χ4v) is 3.84. The quantitative estimate of drug-likeness (QED) is 0.858. The third-order valence-electron chi connectivity index (χ3n) is 3.22. The first kappa shape index (κ1) is 13.3. The smallest absolute Gasteiger partial charge is 0.146 e. The molecular formula is C13H15BrN2O2S. The van der Waals surface area contributed by atoms with E-state index in [1.807, 2.05) is 6.20 Å². The highest BCUT2D eigenvalue weighted by molar-refractivity contribution is 9.10. The number of thiophene rings is 1. The van der Waals surface area contributed by atoms with Crippen LogP contribution in [0.2, 0.25) is 0 Å². The Morgan fingerprint density at radius 1 is 1.63 bits per heavy atom. The van der Waals surface area contributed by atoms with Gasteiger partial charge in [0.25, 0.3) is 0 Å². The summed E-state index contributed by atoms with van der Waals surface area (Å²) in [6, 6.07) is 2.13. The molecule has 1 fully saturated rings. The third-order valence-corrected chi connectivity index (χ3v) is 4.76. The van der Waals surface area contributed by atoms with E-state index in [9.17, 15) is 0 Å². The van der Waals surface area contributed by atoms with Crippen molar-refractivity contribution in [2.75, 3.05) is 38.3 Å². The molecule has 3 heterocycles. The first-order valence-corrected chi connectivity index (χ1v) is 7.84. The molecule has 2 aromatic heterocycles. The summed E-state index contributed by atoms with van der Waals surface area (Å²) >= 11 is 5.28. The van der Waals surface area contributed by atoms with Crippen molar-refractivity contribution in [3.05, 3.63) is 22.1 Å². The summed E-state index contributed by atoms with van der Waals surface area (Å²) < 4.78 is 13.1. The van der Waals surface area contributed by atoms with E-state index in [-0.39, 0.29) is 6.10 Å². The van der Waals surface area contributed by atoms with Crippen LogP contribution in [0.15, 0.2) is 22.1 Å². The Hall–Kier alpha value is -0.690. The minimum atomic E-state index is 0.124. The monoisotopic (exact) mass is 342 g/mol. The zero-order chi connectivity index (χ0) is 13.2. The number of anilines is 1. The van der Waals surface area contributed by atoms with Gasteiger partial charge in [0.15, 0.2) is 0 Å². The molecule has 0 N–H and O–H groups in total. The Bertz CT molecular complexity index is 573. The molecule has 0 radical (unpaired) electrons. The van der Waals surface area contributed by atoms with Crippen LogP contribution < -0.4 is 4.90 Å². The van der Waals surface area contributed by atoms with E-state index in [1.165, 1.54) is 10.1 Å². The minimum absolute atomic E-state index is 0.124. The molecule has 19 heavy (non-hydrogen) atoms. The zero-order valence-electron chi connectivity index (χ0n) is 10.6. The number of halogens is 1. The fourth-order valence-electron chi connectivity index (χ4n) is 2.34. The summed E-state index contributed by atoms with van der Waals surface area (Å²) in [5.41, 5.74) is 0. The van der Waals surface area contributed by atoms with Gasteiger partial charge >= 0.3 is 0 Å². The van der Waals surface area contributed by atoms with Crippen molar-refractivity contribution in [1.29, 1.82) is 0 Å². The topological polar surface area (TPSA) is 34.6 Å². The van der Waals surface area contributed by atoms with Crippen LogP contribution in [0, 0.1) is 0 Å². The van der Waals surface area contributed by atoms with Crippen LogP contribution in [-0.4, -0.2) is 44.5 Å². The molecule has 0 bridgehead atoms. The van der Waals surface area contributed by atoms with Gasteiger partial charge in [-0.3, -0.25) is 0 Å². The summed E-state index contributed by atoms with van der Waals surface area (Å²) in [6.45, 7) is 3.05. The number of hydrogen-bond donors (Lipinski definition) is 0. The van der Waals surface area contributed by atoms with Crippen molar-refractivity contribution < 1.29 is 9.47 Å². The lowest BCUT2D eigenvalue weighted by Crippen LogP contribution is -2.44. The van der Waals surface area contributed by atoms with Gasteiger partial charge in [0.2, 0.25) is 0 Å². The molecule has 0 spiro atoms. The number of methoxy groups -OCH3 is 1. The standard InChI is InChI=1S/C13H15BrN2O2S/c1-17-8-9-7-16(3-4-18-9)13-12-10(2-5-19-12)11(14)6-15-13/h2,5-6,9H,3-4,7-8H2,1H3/t9-/m0/s1. The number of pyridine rings is 1. The third kappa shape index (κ3) is 2.63. The van der Waals surface area contributed by atoms with Crippen LogP contribution in [0.3, 0.4) is 0 Å². The van der Waals surface area contributed by atoms with E-state index in [0.717, 1.165) is 30.0 Å². The summed E-state index contributed by atoms with van der Waals surface area (Å²) in [6.07, 6.45) is 2.00. The molecule has 0 aromatic carbocycles. The fraction of sp³-hybridized carbons (Fsp3) is 0.462. The van der Waals surface area contributed by atoms with Crippen molar-refractivity contribution >= 4 is 43.2 Å². The molecule has 1 saturated heterocycles. The summed E-state index contributed by atoms with van der Waals surface area (Å²) in [7, 11) is 1.71. The molecule has 4 nitrogen and oxygen atoms in total. The second-order valence-electron chi connectivity index (χ2n) is 4.49. The highest BCUT2D eigenvalue weighted by atomic mass is 79.9. The SMILES string of the molecule is COC[C@@H]1CN(c2ncc(Br)c3ccsc23)CCO1. The van der Waals surface area contributed by atoms with Crippen LogP contribution in [-0.2, 0) is 9.47 Å². The maximum absolute atomic E-state index is 5.69. The largest absolute Gasteiger partial charge is 0.382 e. The average molecular weight is 343 g/mol. The zero-order valence-corrected chi connectivity index (χ0v) is 13.0. The maximum Gasteiger partial charge on any atom is 0.146 e. The van der Waals surface area contributed by atoms with Gasteiger partial charge in [-0.2, -0.15) is 0 Å². The van der Waals surface area contributed by atoms with E-state index in [0.29, 0.717) is 6.61 Å². The summed E-state index contributed by atoms with van der Waals surface area (Å²) in [4.78, 5) is 6.88. The van der Waals surface area contributed by atoms with E-state index in [4.69, 9.17) is 9.47 Å². The molecule has 6 heteroatoms. The Labute approximate surface area is 124 Å². The number of aromatic nitrogens is 1. The number of hydrogen-bond acceptors (Lipinski definition) is 5. The lowest BCUT2D eigenvalue weighted by molar-refractivity contribution is -0.0101. The molecule has 0 saturated carbocycles. The Kier molecular flexibility index (Phi) is 4.02. The van der Waals surface area contributed by atoms with Crippen molar-refractivity contribution in [3.8, 4) is 0 Å². The Morgan fingerprint density at radius 3 is 3.37 bits per heavy atom. The molecule has 2 aromatic rings. The average Bonchev–Trinajstić information content (AvgIpc) is 2.90. The number of nitrogens with zero attached hydrogens (tertiary/aromatic N) is 2. The van der Waals surface area contributed by atoms with Crippen LogP contribution in [0.1, 0.15) is 0 Å². The van der Waals surface area contributed by atoms with Crippen LogP contribution in [0.5, 0.6) is 0 Å². The van der Waals surface area contributed by atoms with Crippen molar-refractivity contribution in [2.24, 2.45) is 0 Å². The van der Waals surface area contributed by atoms with E-state index in [2.05, 4.69) is 37.3 Å². The molecule has 0 unspecified atom stereocenters. The van der Waals surface area contributed by atoms with Crippen molar-refractivity contribution in [3.63, 3.8) is 0 Å². The second kappa shape index (κ2) is 5.75. The van der Waals surface area contributed by atoms with Gasteiger partial charge in [0, 0.05) is 36.3 Å². The van der Waals surface area contributed by atoms with E-state index >= 15 is 0 Å². The van der Waals surface area contributed by atoms with Gasteiger partial charge < -0.3 is 14.4 Å². The van der Waals surface area contributed by atoms with Crippen molar-refractivity contribution in [1.82, 2.24) is 4.98 Å². The van der Waals surface area contributed by atoms with Gasteiger partial charge in [-0.1, -0.05) is 0 Å². The lowest BCUT2D eigenvalue weighted by Gasteiger charge is -2.33. The van der Waals surface area contributed by atoms with Crippen molar-refractivity contribution in [2.45, 2.75) is 6.10 Å². The van der Waals surface area contributed by atoms with Gasteiger partial charge in [-0.15, -0.1) is 11.3 Å². The highest BCUT2D eigenvalue weighted by Gasteiger charge is 2.23. The maximum atomic E-state index is 5.69. The summed E-state index contributed by atoms with van der Waals surface area (Å²) in [5.74, 6) is 1.05. The predicted octanol–water partition coefficient (Wildman–Crippen LogP) is 2.91. The Balaban J connectivity index is 1.91. The Morgan fingerprint density at radius 2 is 2.53 bits per heavy atom. The molecule has 0 aliphatic carbocycles. The van der Waals surface area contributed by atoms with Crippen LogP contribution in [0.4, 0.5) is 5.82 Å². The minimum Gasteiger partial charge on any atom is -0.382 e.